The standard InChI is InChI=1S/C16H25NO4/c1-3-11-5-7-12(8-6-11)16(21)14(9-15(19)20)17-13(4-2)10-18/h5-8,13-14,16-18,21H,3-4,9-10H2,1-2H3,(H,19,20). The van der Waals surface area contributed by atoms with E-state index in [1.165, 1.54) is 0 Å². The van der Waals surface area contributed by atoms with Gasteiger partial charge in [0.25, 0.3) is 0 Å². The molecule has 0 saturated carbocycles. The third kappa shape index (κ3) is 5.46. The molecule has 0 aliphatic carbocycles. The van der Waals surface area contributed by atoms with Crippen LogP contribution < -0.4 is 5.32 Å². The zero-order valence-electron chi connectivity index (χ0n) is 12.6. The first-order chi connectivity index (χ1) is 10.0. The topological polar surface area (TPSA) is 89.8 Å². The van der Waals surface area contributed by atoms with Crippen molar-refractivity contribution in [2.24, 2.45) is 0 Å². The maximum Gasteiger partial charge on any atom is 0.305 e. The fourth-order valence-electron chi connectivity index (χ4n) is 2.24. The van der Waals surface area contributed by atoms with Crippen molar-refractivity contribution in [1.29, 1.82) is 0 Å². The van der Waals surface area contributed by atoms with Crippen LogP contribution in [-0.4, -0.2) is 40.0 Å². The van der Waals surface area contributed by atoms with E-state index >= 15 is 0 Å². The summed E-state index contributed by atoms with van der Waals surface area (Å²) in [4.78, 5) is 11.0. The zero-order valence-corrected chi connectivity index (χ0v) is 12.6. The summed E-state index contributed by atoms with van der Waals surface area (Å²) in [6.07, 6.45) is 0.448. The van der Waals surface area contributed by atoms with Gasteiger partial charge in [0, 0.05) is 12.1 Å². The van der Waals surface area contributed by atoms with E-state index < -0.39 is 18.1 Å². The van der Waals surface area contributed by atoms with Crippen molar-refractivity contribution in [3.63, 3.8) is 0 Å². The second-order valence-electron chi connectivity index (χ2n) is 5.20. The van der Waals surface area contributed by atoms with Crippen LogP contribution in [0.25, 0.3) is 0 Å². The van der Waals surface area contributed by atoms with Gasteiger partial charge in [0.1, 0.15) is 0 Å². The van der Waals surface area contributed by atoms with E-state index in [4.69, 9.17) is 5.11 Å². The maximum absolute atomic E-state index is 11.0. The molecule has 0 radical (unpaired) electrons. The Morgan fingerprint density at radius 2 is 1.86 bits per heavy atom. The number of hydrogen-bond donors (Lipinski definition) is 4. The molecule has 0 amide bonds. The first-order valence-corrected chi connectivity index (χ1v) is 7.37. The van der Waals surface area contributed by atoms with Gasteiger partial charge in [-0.15, -0.1) is 0 Å². The minimum absolute atomic E-state index is 0.0892. The lowest BCUT2D eigenvalue weighted by molar-refractivity contribution is -0.138. The third-order valence-electron chi connectivity index (χ3n) is 3.67. The number of aryl methyl sites for hydroxylation is 1. The predicted molar refractivity (Wildman–Crippen MR) is 81.1 cm³/mol. The molecule has 0 aliphatic rings. The first kappa shape index (κ1) is 17.6. The Morgan fingerprint density at radius 3 is 2.29 bits per heavy atom. The molecule has 5 heteroatoms. The summed E-state index contributed by atoms with van der Waals surface area (Å²) in [5, 5.41) is 31.7. The van der Waals surface area contributed by atoms with Gasteiger partial charge in [-0.2, -0.15) is 0 Å². The van der Waals surface area contributed by atoms with Crippen LogP contribution in [0.15, 0.2) is 24.3 Å². The number of benzene rings is 1. The molecule has 3 unspecified atom stereocenters. The van der Waals surface area contributed by atoms with Crippen LogP contribution in [0.2, 0.25) is 0 Å². The summed E-state index contributed by atoms with van der Waals surface area (Å²) in [7, 11) is 0. The molecule has 1 aromatic rings. The Balaban J connectivity index is 2.86. The van der Waals surface area contributed by atoms with Crippen LogP contribution in [-0.2, 0) is 11.2 Å². The SMILES string of the molecule is CCc1ccc(C(O)C(CC(=O)O)NC(CC)CO)cc1. The Kier molecular flexibility index (Phi) is 7.36. The van der Waals surface area contributed by atoms with Crippen molar-refractivity contribution in [1.82, 2.24) is 5.32 Å². The minimum atomic E-state index is -0.982. The third-order valence-corrected chi connectivity index (χ3v) is 3.67. The smallest absolute Gasteiger partial charge is 0.305 e. The van der Waals surface area contributed by atoms with E-state index in [-0.39, 0.29) is 19.1 Å². The number of nitrogens with one attached hydrogen (secondary N) is 1. The van der Waals surface area contributed by atoms with E-state index in [2.05, 4.69) is 5.32 Å². The van der Waals surface area contributed by atoms with E-state index in [1.807, 2.05) is 38.1 Å². The van der Waals surface area contributed by atoms with Crippen molar-refractivity contribution in [3.8, 4) is 0 Å². The molecular weight excluding hydrogens is 270 g/mol. The summed E-state index contributed by atoms with van der Waals surface area (Å²) in [5.41, 5.74) is 1.84. The van der Waals surface area contributed by atoms with Crippen molar-refractivity contribution in [2.75, 3.05) is 6.61 Å². The lowest BCUT2D eigenvalue weighted by Gasteiger charge is -2.27. The lowest BCUT2D eigenvalue weighted by Crippen LogP contribution is -2.44. The van der Waals surface area contributed by atoms with Gasteiger partial charge in [-0.1, -0.05) is 38.1 Å². The van der Waals surface area contributed by atoms with Crippen molar-refractivity contribution >= 4 is 5.97 Å². The molecule has 1 rings (SSSR count). The number of aliphatic carboxylic acids is 1. The molecule has 118 valence electrons. The second-order valence-corrected chi connectivity index (χ2v) is 5.20. The van der Waals surface area contributed by atoms with Gasteiger partial charge in [0.2, 0.25) is 0 Å². The number of carbonyl (C=O) groups is 1. The van der Waals surface area contributed by atoms with Gasteiger partial charge in [-0.05, 0) is 24.0 Å². The molecular formula is C16H25NO4. The van der Waals surface area contributed by atoms with Gasteiger partial charge in [0.05, 0.1) is 19.1 Å². The highest BCUT2D eigenvalue weighted by Crippen LogP contribution is 2.20. The minimum Gasteiger partial charge on any atom is -0.481 e. The summed E-state index contributed by atoms with van der Waals surface area (Å²) in [6, 6.07) is 6.64. The van der Waals surface area contributed by atoms with Crippen LogP contribution >= 0.6 is 0 Å². The van der Waals surface area contributed by atoms with Crippen LogP contribution in [0.1, 0.15) is 43.9 Å². The van der Waals surface area contributed by atoms with Crippen LogP contribution in [0.5, 0.6) is 0 Å². The quantitative estimate of drug-likeness (QED) is 0.554. The molecule has 5 nitrogen and oxygen atoms in total. The highest BCUT2D eigenvalue weighted by atomic mass is 16.4. The van der Waals surface area contributed by atoms with Crippen LogP contribution in [0.4, 0.5) is 0 Å². The monoisotopic (exact) mass is 295 g/mol. The zero-order chi connectivity index (χ0) is 15.8. The molecule has 0 aromatic heterocycles. The van der Waals surface area contributed by atoms with E-state index in [1.54, 1.807) is 0 Å². The van der Waals surface area contributed by atoms with Gasteiger partial charge in [-0.3, -0.25) is 4.79 Å². The summed E-state index contributed by atoms with van der Waals surface area (Å²) in [5.74, 6) is -0.982. The molecule has 0 aliphatic heterocycles. The molecule has 0 heterocycles. The highest BCUT2D eigenvalue weighted by Gasteiger charge is 2.25. The van der Waals surface area contributed by atoms with E-state index in [0.29, 0.717) is 12.0 Å². The molecule has 0 fully saturated rings. The van der Waals surface area contributed by atoms with Crippen molar-refractivity contribution in [3.05, 3.63) is 35.4 Å². The number of aliphatic hydroxyl groups excluding tert-OH is 2. The fraction of sp³-hybridized carbons (Fsp3) is 0.562. The van der Waals surface area contributed by atoms with Crippen LogP contribution in [0.3, 0.4) is 0 Å². The molecule has 0 bridgehead atoms. The number of carboxylic acids is 1. The number of hydrogen-bond acceptors (Lipinski definition) is 4. The molecule has 1 aromatic carbocycles. The van der Waals surface area contributed by atoms with Crippen molar-refractivity contribution in [2.45, 2.75) is 51.3 Å². The van der Waals surface area contributed by atoms with Gasteiger partial charge in [0.15, 0.2) is 0 Å². The van der Waals surface area contributed by atoms with Gasteiger partial charge in [-0.25, -0.2) is 0 Å². The normalized spacial score (nSPS) is 15.4. The Hall–Kier alpha value is -1.43. The van der Waals surface area contributed by atoms with E-state index in [0.717, 1.165) is 12.0 Å². The van der Waals surface area contributed by atoms with Crippen LogP contribution in [0, 0.1) is 0 Å². The average molecular weight is 295 g/mol. The van der Waals surface area contributed by atoms with Gasteiger partial charge >= 0.3 is 5.97 Å². The first-order valence-electron chi connectivity index (χ1n) is 7.37. The van der Waals surface area contributed by atoms with Gasteiger partial charge < -0.3 is 20.6 Å². The molecule has 4 N–H and O–H groups in total. The fourth-order valence-corrected chi connectivity index (χ4v) is 2.24. The van der Waals surface area contributed by atoms with Crippen molar-refractivity contribution < 1.29 is 20.1 Å². The Morgan fingerprint density at radius 1 is 1.24 bits per heavy atom. The second kappa shape index (κ2) is 8.77. The molecule has 0 saturated heterocycles. The molecule has 21 heavy (non-hydrogen) atoms. The Labute approximate surface area is 125 Å². The number of aliphatic hydroxyl groups is 2. The largest absolute Gasteiger partial charge is 0.481 e. The summed E-state index contributed by atoms with van der Waals surface area (Å²) in [6.45, 7) is 3.86. The van der Waals surface area contributed by atoms with E-state index in [9.17, 15) is 15.0 Å². The summed E-state index contributed by atoms with van der Waals surface area (Å²) < 4.78 is 0. The molecule has 3 atom stereocenters. The predicted octanol–water partition coefficient (Wildman–Crippen LogP) is 1.49. The average Bonchev–Trinajstić information content (AvgIpc) is 2.50. The number of rotatable bonds is 9. The Bertz CT molecular complexity index is 428. The lowest BCUT2D eigenvalue weighted by atomic mass is 9.97. The molecule has 0 spiro atoms. The highest BCUT2D eigenvalue weighted by molar-refractivity contribution is 5.67. The number of carboxylic acid groups (broad SMARTS) is 1. The summed E-state index contributed by atoms with van der Waals surface area (Å²) >= 11 is 0. The maximum atomic E-state index is 11.0.